The van der Waals surface area contributed by atoms with Gasteiger partial charge in [0.05, 0.1) is 79.7 Å². The highest BCUT2D eigenvalue weighted by atomic mass is 16.6. The number of aliphatic hydroxyl groups excluding tert-OH is 4. The summed E-state index contributed by atoms with van der Waals surface area (Å²) in [5.41, 5.74) is 12.5. The number of carbonyl (C=O) groups is 16. The van der Waals surface area contributed by atoms with Crippen LogP contribution in [0.25, 0.3) is 0 Å². The number of amides is 10. The van der Waals surface area contributed by atoms with E-state index in [1.54, 1.807) is 53.7 Å². The number of rotatable bonds is 47. The van der Waals surface area contributed by atoms with Gasteiger partial charge in [-0.1, -0.05) is 208 Å². The van der Waals surface area contributed by atoms with Crippen LogP contribution in [0, 0.1) is 58.2 Å². The van der Waals surface area contributed by atoms with Gasteiger partial charge in [-0.25, -0.2) is 0 Å². The van der Waals surface area contributed by atoms with E-state index in [0.29, 0.717) is 48.2 Å². The highest BCUT2D eigenvalue weighted by molar-refractivity contribution is 6.01. The Bertz CT molecular complexity index is 4220. The van der Waals surface area contributed by atoms with Crippen molar-refractivity contribution < 1.29 is 117 Å². The molecule has 137 heavy (non-hydrogen) atoms. The average Bonchev–Trinajstić information content (AvgIpc) is 1.74. The third-order valence-electron chi connectivity index (χ3n) is 25.7. The molecule has 36 heteroatoms. The first-order valence-corrected chi connectivity index (χ1v) is 49.5. The number of ketones is 4. The zero-order chi connectivity index (χ0) is 103. The van der Waals surface area contributed by atoms with Gasteiger partial charge in [0, 0.05) is 55.4 Å². The van der Waals surface area contributed by atoms with Crippen molar-refractivity contribution in [2.75, 3.05) is 0 Å². The fraction of sp³-hybridized carbons (Fsp3) is 0.703. The van der Waals surface area contributed by atoms with E-state index in [4.69, 9.17) is 31.8 Å². The van der Waals surface area contributed by atoms with Crippen LogP contribution < -0.4 is 54.0 Å². The van der Waals surface area contributed by atoms with E-state index in [-0.39, 0.29) is 50.0 Å². The topological polar surface area (TPSA) is 609 Å². The van der Waals surface area contributed by atoms with Crippen LogP contribution >= 0.6 is 0 Å². The van der Waals surface area contributed by atoms with E-state index < -0.39 is 271 Å². The van der Waals surface area contributed by atoms with E-state index >= 15 is 0 Å². The molecule has 20 N–H and O–H groups in total. The Morgan fingerprint density at radius 3 is 1.05 bits per heavy atom. The van der Waals surface area contributed by atoms with Crippen molar-refractivity contribution in [3.8, 4) is 11.5 Å². The molecule has 22 unspecified atom stereocenters. The van der Waals surface area contributed by atoms with Crippen LogP contribution in [-0.2, 0) is 99.0 Å². The molecule has 2 aromatic rings. The zero-order valence-electron chi connectivity index (χ0n) is 83.3. The summed E-state index contributed by atoms with van der Waals surface area (Å²) in [5.74, 6) is -20.4. The van der Waals surface area contributed by atoms with Crippen LogP contribution in [0.3, 0.4) is 0 Å². The number of primary amides is 2. The van der Waals surface area contributed by atoms with E-state index in [1.807, 2.05) is 0 Å². The van der Waals surface area contributed by atoms with Crippen LogP contribution in [0.2, 0.25) is 0 Å². The van der Waals surface area contributed by atoms with Crippen molar-refractivity contribution in [1.82, 2.24) is 42.5 Å². The van der Waals surface area contributed by atoms with E-state index in [2.05, 4.69) is 56.4 Å². The third kappa shape index (κ3) is 45.8. The first-order chi connectivity index (χ1) is 64.6. The van der Waals surface area contributed by atoms with E-state index in [9.17, 15) is 107 Å². The van der Waals surface area contributed by atoms with Crippen LogP contribution in [0.1, 0.15) is 320 Å². The van der Waals surface area contributed by atoms with Gasteiger partial charge < -0.3 is 105 Å². The number of esters is 2. The Balaban J connectivity index is 0.000000705. The van der Waals surface area contributed by atoms with Crippen molar-refractivity contribution in [3.05, 3.63) is 59.7 Å². The molecule has 2 saturated heterocycles. The quantitative estimate of drug-likeness (QED) is 0.0168. The van der Waals surface area contributed by atoms with Gasteiger partial charge in [-0.05, 0) is 146 Å². The molecule has 2 heterocycles. The van der Waals surface area contributed by atoms with Crippen molar-refractivity contribution >= 4 is 106 Å². The number of Topliss-reactive ketones (excluding diaryl/α,β-unsaturated/α-hetero) is 4. The number of nitrogens with two attached hydrogens (primary N) is 2. The molecule has 770 valence electrons. The number of aromatic hydroxyl groups is 2. The summed E-state index contributed by atoms with van der Waals surface area (Å²) in [6.45, 7) is 22.5. The summed E-state index contributed by atoms with van der Waals surface area (Å²) >= 11 is 0. The molecule has 10 amide bonds. The molecule has 2 aromatic carbocycles. The molecule has 0 saturated carbocycles. The number of unbranched alkanes of at least 4 members (excludes halogenated alkanes) is 16. The van der Waals surface area contributed by atoms with E-state index in [1.165, 1.54) is 142 Å². The SMILES string of the molecule is CCCCCCCCCCCC(CC(C)=N)C(O)CC(=O)NC1C(=O)NC(C(C)CC)C(=O)CC(Cc2ccc(O)cc2)C(=O)NC(C(C)O)C(=O)NC(CC(N)=O)C(=O)CC(C)C(=O)OC1C.CCCCCCCCCCCC(CC(C)=N)C(O)CC(=O)NC1C(=O)NC(C(C)CC)C(=O)CC(Cc2ccc(O)cc2)C(=O)NC(C(C)O)C(=O)NC(CCC(N)=O)C(=O)CC(C)C(=O)OC1C. The molecule has 2 aliphatic heterocycles. The standard InChI is InChI=1S/C51H82N6O12.C50H80N6O12/c1-8-10-11-12-13-14-15-16-17-18-36(26-32(5)52)40(60)29-44(64)55-47-34(7)69-51(68)31(4)25-41(61)39(23-24-43(53)63)54-49(66)46(33(6)58)57-48(65)37(27-35-19-21-38(59)22-20-35)28-42(62)45(30(3)9-2)56-50(47)67;1-8-10-11-12-13-14-15-16-17-18-35(24-31(5)51)39(59)28-43(63)54-46-33(7)68-50(67)30(4)23-40(60)38(27-42(52)62)53-48(65)45(32(6)57)56-47(64)36(25-34-19-21-37(58)22-20-34)26-41(61)44(29(3)9-2)55-49(46)66/h19-22,30-31,33-34,36-37,39-40,45-47,52,58-60H,8-18,23-29H2,1-7H3,(H2,53,63)(H,54,66)(H,55,64)(H,56,67)(H,57,65);19-22,29-30,32-33,35-36,38-39,44-46,51,57-59H,8-18,23-28H2,1-7H3,(H2,52,62)(H,53,65)(H,54,63)(H,55,66)(H,56,64). The third-order valence-corrected chi connectivity index (χ3v) is 25.7. The predicted octanol–water partition coefficient (Wildman–Crippen LogP) is 8.41. The Hall–Kier alpha value is -10.5. The van der Waals surface area contributed by atoms with Gasteiger partial charge in [0.2, 0.25) is 59.1 Å². The molecular weight excluding hydrogens is 1770 g/mol. The second kappa shape index (κ2) is 63.9. The van der Waals surface area contributed by atoms with Gasteiger partial charge in [0.15, 0.2) is 23.1 Å². The average molecular weight is 1930 g/mol. The van der Waals surface area contributed by atoms with Crippen molar-refractivity contribution in [1.29, 1.82) is 10.8 Å². The molecule has 0 bridgehead atoms. The zero-order valence-corrected chi connectivity index (χ0v) is 83.3. The summed E-state index contributed by atoms with van der Waals surface area (Å²) in [5, 5.41) is 101. The lowest BCUT2D eigenvalue weighted by Gasteiger charge is -2.30. The molecule has 0 aromatic heterocycles. The number of benzene rings is 2. The van der Waals surface area contributed by atoms with Crippen LogP contribution in [0.5, 0.6) is 11.5 Å². The molecule has 4 rings (SSSR count). The molecule has 22 atom stereocenters. The molecule has 0 radical (unpaired) electrons. The van der Waals surface area contributed by atoms with Crippen LogP contribution in [0.4, 0.5) is 0 Å². The minimum absolute atomic E-state index is 0.0496. The number of nitrogens with one attached hydrogen (secondary N) is 10. The minimum atomic E-state index is -1.69. The lowest BCUT2D eigenvalue weighted by atomic mass is 9.86. The normalized spacial score (nSPS) is 24.3. The number of cyclic esters (lactones) is 2. The molecule has 0 aliphatic carbocycles. The molecule has 2 fully saturated rings. The number of carbonyl (C=O) groups excluding carboxylic acids is 16. The number of aliphatic hydroxyl groups is 4. The maximum Gasteiger partial charge on any atom is 0.309 e. The molecule has 0 spiro atoms. The first-order valence-electron chi connectivity index (χ1n) is 49.5. The maximum atomic E-state index is 14.4. The maximum absolute atomic E-state index is 14.4. The van der Waals surface area contributed by atoms with Crippen molar-refractivity contribution in [3.63, 3.8) is 0 Å². The fourth-order valence-electron chi connectivity index (χ4n) is 16.9. The smallest absolute Gasteiger partial charge is 0.309 e. The number of hydrogen-bond donors (Lipinski definition) is 18. The first kappa shape index (κ1) is 121. The summed E-state index contributed by atoms with van der Waals surface area (Å²) in [7, 11) is 0. The number of hydrogen-bond acceptors (Lipinski definition) is 26. The Morgan fingerprint density at radius 2 is 0.737 bits per heavy atom. The number of phenolic OH excluding ortho intramolecular Hbond substituents is 2. The van der Waals surface area contributed by atoms with Gasteiger partial charge in [-0.3, -0.25) is 76.7 Å². The Morgan fingerprint density at radius 1 is 0.416 bits per heavy atom. The largest absolute Gasteiger partial charge is 0.508 e. The lowest BCUT2D eigenvalue weighted by Crippen LogP contribution is -2.58. The van der Waals surface area contributed by atoms with Gasteiger partial charge in [-0.2, -0.15) is 0 Å². The monoisotopic (exact) mass is 1930 g/mol. The van der Waals surface area contributed by atoms with Gasteiger partial charge >= 0.3 is 11.9 Å². The second-order valence-electron chi connectivity index (χ2n) is 38.3. The van der Waals surface area contributed by atoms with Crippen LogP contribution in [-0.4, -0.2) is 221 Å². The fourth-order valence-corrected chi connectivity index (χ4v) is 16.9. The van der Waals surface area contributed by atoms with Crippen molar-refractivity contribution in [2.24, 2.45) is 58.8 Å². The van der Waals surface area contributed by atoms with Gasteiger partial charge in [-0.15, -0.1) is 0 Å². The number of ether oxygens (including phenoxy) is 2. The highest BCUT2D eigenvalue weighted by Gasteiger charge is 2.43. The Labute approximate surface area is 808 Å². The summed E-state index contributed by atoms with van der Waals surface area (Å²) in [6, 6.07) is -0.384. The van der Waals surface area contributed by atoms with Gasteiger partial charge in [0.25, 0.3) is 0 Å². The molecule has 36 nitrogen and oxygen atoms in total. The summed E-state index contributed by atoms with van der Waals surface area (Å²) in [4.78, 5) is 220. The predicted molar refractivity (Wildman–Crippen MR) is 516 cm³/mol. The Kier molecular flexibility index (Phi) is 56.3. The molecular formula is C101H162N12O24. The van der Waals surface area contributed by atoms with E-state index in [0.717, 1.165) is 51.4 Å². The summed E-state index contributed by atoms with van der Waals surface area (Å²) in [6.07, 6.45) is 9.43. The van der Waals surface area contributed by atoms with Gasteiger partial charge in [0.1, 0.15) is 47.9 Å². The van der Waals surface area contributed by atoms with Crippen molar-refractivity contribution in [2.45, 2.75) is 407 Å². The minimum Gasteiger partial charge on any atom is -0.508 e. The lowest BCUT2D eigenvalue weighted by molar-refractivity contribution is -0.158. The van der Waals surface area contributed by atoms with Crippen LogP contribution in [0.15, 0.2) is 48.5 Å². The number of phenols is 2. The molecule has 2 aliphatic rings. The second-order valence-corrected chi connectivity index (χ2v) is 38.3. The summed E-state index contributed by atoms with van der Waals surface area (Å²) < 4.78 is 11.4. The highest BCUT2D eigenvalue weighted by Crippen LogP contribution is 2.29.